The zero-order valence-corrected chi connectivity index (χ0v) is 18.9. The molecule has 1 aliphatic heterocycles. The lowest BCUT2D eigenvalue weighted by Crippen LogP contribution is -2.51. The molecule has 28 heavy (non-hydrogen) atoms. The molecular formula is C26H42O2. The number of carbonyl (C=O) groups is 1. The van der Waals surface area contributed by atoms with Crippen molar-refractivity contribution < 1.29 is 9.53 Å². The van der Waals surface area contributed by atoms with Crippen molar-refractivity contribution in [1.82, 2.24) is 0 Å². The quantitative estimate of drug-likeness (QED) is 0.469. The van der Waals surface area contributed by atoms with Crippen LogP contribution >= 0.6 is 0 Å². The fraction of sp³-hybridized carbons (Fsp3) is 0.885. The second-order valence-corrected chi connectivity index (χ2v) is 11.6. The largest absolute Gasteiger partial charge is 0.431 e. The monoisotopic (exact) mass is 386 g/mol. The number of hydrogen-bond acceptors (Lipinski definition) is 2. The third kappa shape index (κ3) is 3.27. The minimum absolute atomic E-state index is 0.0148. The summed E-state index contributed by atoms with van der Waals surface area (Å²) in [6.07, 6.45) is 14.8. The van der Waals surface area contributed by atoms with Crippen LogP contribution < -0.4 is 0 Å². The van der Waals surface area contributed by atoms with Gasteiger partial charge in [-0.15, -0.1) is 0 Å². The number of hydrogen-bond donors (Lipinski definition) is 0. The van der Waals surface area contributed by atoms with Gasteiger partial charge in [-0.3, -0.25) is 4.79 Å². The van der Waals surface area contributed by atoms with Gasteiger partial charge in [-0.2, -0.15) is 0 Å². The van der Waals surface area contributed by atoms with Gasteiger partial charge in [0.05, 0.1) is 0 Å². The van der Waals surface area contributed by atoms with Crippen LogP contribution in [-0.2, 0) is 9.53 Å². The van der Waals surface area contributed by atoms with Gasteiger partial charge in [-0.1, -0.05) is 53.9 Å². The highest BCUT2D eigenvalue weighted by molar-refractivity contribution is 5.72. The van der Waals surface area contributed by atoms with Crippen molar-refractivity contribution >= 4 is 5.97 Å². The van der Waals surface area contributed by atoms with E-state index in [0.717, 1.165) is 48.2 Å². The maximum atomic E-state index is 11.8. The summed E-state index contributed by atoms with van der Waals surface area (Å²) in [7, 11) is 0. The summed E-state index contributed by atoms with van der Waals surface area (Å²) in [4.78, 5) is 11.8. The Bertz CT molecular complexity index is 634. The average molecular weight is 387 g/mol. The van der Waals surface area contributed by atoms with Crippen LogP contribution in [0.5, 0.6) is 0 Å². The van der Waals surface area contributed by atoms with E-state index < -0.39 is 0 Å². The minimum atomic E-state index is -0.0148. The lowest BCUT2D eigenvalue weighted by Gasteiger charge is -2.57. The summed E-state index contributed by atoms with van der Waals surface area (Å²) in [5.41, 5.74) is 0.643. The molecule has 3 fully saturated rings. The normalized spacial score (nSPS) is 43.6. The standard InChI is InChI=1S/C26H42O2/c1-17(2)7-6-8-18(3)20-10-11-21-19-9-12-23-26(5,16-14-24(27)28-23)22(19)13-15-25(20,21)4/h12,17-22H,6-11,13-16H2,1-5H3/t18-,19+,20-,21+,22+,25-,26-/m1/s1. The number of carbonyl (C=O) groups excluding carboxylic acids is 1. The molecule has 158 valence electrons. The van der Waals surface area contributed by atoms with E-state index in [1.807, 2.05) is 0 Å². The van der Waals surface area contributed by atoms with Crippen molar-refractivity contribution in [3.63, 3.8) is 0 Å². The first-order chi connectivity index (χ1) is 13.3. The molecule has 4 rings (SSSR count). The molecule has 3 aliphatic carbocycles. The Hall–Kier alpha value is -0.790. The molecule has 0 spiro atoms. The number of allylic oxidation sites excluding steroid dienone is 2. The second-order valence-electron chi connectivity index (χ2n) is 11.6. The van der Waals surface area contributed by atoms with Crippen LogP contribution in [0.25, 0.3) is 0 Å². The van der Waals surface area contributed by atoms with Crippen molar-refractivity contribution in [2.24, 2.45) is 46.3 Å². The van der Waals surface area contributed by atoms with E-state index in [1.165, 1.54) is 44.9 Å². The molecule has 0 aromatic rings. The zero-order chi connectivity index (χ0) is 20.1. The summed E-state index contributed by atoms with van der Waals surface area (Å²) in [6.45, 7) is 12.3. The number of fused-ring (bicyclic) bond motifs is 5. The van der Waals surface area contributed by atoms with Crippen LogP contribution in [0.1, 0.15) is 98.8 Å². The molecular weight excluding hydrogens is 344 g/mol. The number of ether oxygens (including phenoxy) is 1. The number of rotatable bonds is 5. The van der Waals surface area contributed by atoms with Crippen LogP contribution in [0.3, 0.4) is 0 Å². The van der Waals surface area contributed by atoms with Gasteiger partial charge in [-0.25, -0.2) is 0 Å². The van der Waals surface area contributed by atoms with E-state index in [9.17, 15) is 4.79 Å². The molecule has 0 radical (unpaired) electrons. The smallest absolute Gasteiger partial charge is 0.310 e. The van der Waals surface area contributed by atoms with Crippen LogP contribution in [0.2, 0.25) is 0 Å². The highest BCUT2D eigenvalue weighted by atomic mass is 16.5. The molecule has 4 aliphatic rings. The minimum Gasteiger partial charge on any atom is -0.431 e. The Morgan fingerprint density at radius 3 is 2.61 bits per heavy atom. The Labute approximate surface area is 172 Å². The first-order valence-electron chi connectivity index (χ1n) is 12.2. The fourth-order valence-electron chi connectivity index (χ4n) is 8.09. The molecule has 0 aromatic heterocycles. The average Bonchev–Trinajstić information content (AvgIpc) is 2.99. The second kappa shape index (κ2) is 7.47. The predicted octanol–water partition coefficient (Wildman–Crippen LogP) is 7.14. The molecule has 0 unspecified atom stereocenters. The topological polar surface area (TPSA) is 26.3 Å². The van der Waals surface area contributed by atoms with Gasteiger partial charge in [0.15, 0.2) is 0 Å². The van der Waals surface area contributed by atoms with E-state index in [1.54, 1.807) is 0 Å². The molecule has 0 bridgehead atoms. The first kappa shape index (κ1) is 20.5. The maximum Gasteiger partial charge on any atom is 0.310 e. The molecule has 2 nitrogen and oxygen atoms in total. The molecule has 2 heteroatoms. The molecule has 1 heterocycles. The Kier molecular flexibility index (Phi) is 5.47. The Balaban J connectivity index is 1.50. The molecule has 7 atom stereocenters. The van der Waals surface area contributed by atoms with Gasteiger partial charge in [0.1, 0.15) is 5.76 Å². The molecule has 0 amide bonds. The molecule has 1 saturated heterocycles. The SMILES string of the molecule is CC(C)CCC[C@@H](C)[C@H]1CC[C@H]2[C@@H]3CC=C4OC(=O)CC[C@]4(C)[C@H]3CC[C@]12C. The lowest BCUT2D eigenvalue weighted by atomic mass is 9.49. The third-order valence-electron chi connectivity index (χ3n) is 9.67. The van der Waals surface area contributed by atoms with Gasteiger partial charge >= 0.3 is 5.97 Å². The summed E-state index contributed by atoms with van der Waals surface area (Å²) >= 11 is 0. The van der Waals surface area contributed by atoms with E-state index in [4.69, 9.17) is 4.74 Å². The fourth-order valence-corrected chi connectivity index (χ4v) is 8.09. The van der Waals surface area contributed by atoms with Crippen molar-refractivity contribution in [3.05, 3.63) is 11.8 Å². The van der Waals surface area contributed by atoms with E-state index in [-0.39, 0.29) is 11.4 Å². The van der Waals surface area contributed by atoms with E-state index in [2.05, 4.69) is 40.7 Å². The van der Waals surface area contributed by atoms with Crippen molar-refractivity contribution in [2.45, 2.75) is 98.8 Å². The number of esters is 1. The first-order valence-corrected chi connectivity index (χ1v) is 12.2. The zero-order valence-electron chi connectivity index (χ0n) is 18.9. The van der Waals surface area contributed by atoms with Crippen molar-refractivity contribution in [3.8, 4) is 0 Å². The Morgan fingerprint density at radius 1 is 1.07 bits per heavy atom. The Morgan fingerprint density at radius 2 is 1.86 bits per heavy atom. The summed E-state index contributed by atoms with van der Waals surface area (Å²) in [5, 5.41) is 0. The summed E-state index contributed by atoms with van der Waals surface area (Å²) in [6, 6.07) is 0. The van der Waals surface area contributed by atoms with E-state index >= 15 is 0 Å². The maximum absolute atomic E-state index is 11.8. The summed E-state index contributed by atoms with van der Waals surface area (Å²) in [5.74, 6) is 6.01. The molecule has 2 saturated carbocycles. The third-order valence-corrected chi connectivity index (χ3v) is 9.67. The molecule has 0 aromatic carbocycles. The lowest BCUT2D eigenvalue weighted by molar-refractivity contribution is -0.152. The van der Waals surface area contributed by atoms with Crippen molar-refractivity contribution in [2.75, 3.05) is 0 Å². The van der Waals surface area contributed by atoms with Gasteiger partial charge < -0.3 is 4.74 Å². The van der Waals surface area contributed by atoms with Crippen molar-refractivity contribution in [1.29, 1.82) is 0 Å². The van der Waals surface area contributed by atoms with Crippen LogP contribution in [0, 0.1) is 46.3 Å². The molecule has 0 N–H and O–H groups in total. The van der Waals surface area contributed by atoms with Crippen LogP contribution in [0.15, 0.2) is 11.8 Å². The van der Waals surface area contributed by atoms with Gasteiger partial charge in [0.2, 0.25) is 0 Å². The van der Waals surface area contributed by atoms with Gasteiger partial charge in [0, 0.05) is 11.8 Å². The van der Waals surface area contributed by atoms with E-state index in [0.29, 0.717) is 17.8 Å². The van der Waals surface area contributed by atoms with Gasteiger partial charge in [0.25, 0.3) is 0 Å². The predicted molar refractivity (Wildman–Crippen MR) is 115 cm³/mol. The highest BCUT2D eigenvalue weighted by Gasteiger charge is 2.59. The van der Waals surface area contributed by atoms with Crippen LogP contribution in [-0.4, -0.2) is 5.97 Å². The van der Waals surface area contributed by atoms with Gasteiger partial charge in [-0.05, 0) is 85.5 Å². The van der Waals surface area contributed by atoms with Crippen LogP contribution in [0.4, 0.5) is 0 Å². The highest BCUT2D eigenvalue weighted by Crippen LogP contribution is 2.66. The summed E-state index contributed by atoms with van der Waals surface area (Å²) < 4.78 is 5.72.